The van der Waals surface area contributed by atoms with Crippen LogP contribution in [0.1, 0.15) is 12.6 Å². The summed E-state index contributed by atoms with van der Waals surface area (Å²) in [6, 6.07) is 10.0. The number of aromatic nitrogens is 3. The minimum absolute atomic E-state index is 0.199. The Kier molecular flexibility index (Phi) is 6.09. The maximum Gasteiger partial charge on any atom is 0.151 e. The molecule has 1 fully saturated rings. The second-order valence-electron chi connectivity index (χ2n) is 5.98. The molecule has 0 spiro atoms. The highest BCUT2D eigenvalue weighted by molar-refractivity contribution is 5.36. The van der Waals surface area contributed by atoms with Crippen LogP contribution in [0.3, 0.4) is 0 Å². The van der Waals surface area contributed by atoms with Gasteiger partial charge in [0, 0.05) is 57.2 Å². The van der Waals surface area contributed by atoms with E-state index < -0.39 is 0 Å². The zero-order chi connectivity index (χ0) is 16.6. The number of anilines is 1. The molecule has 0 aliphatic carbocycles. The summed E-state index contributed by atoms with van der Waals surface area (Å²) in [6.07, 6.45) is 4.74. The van der Waals surface area contributed by atoms with E-state index in [1.165, 1.54) is 0 Å². The Bertz CT molecular complexity index is 595. The molecule has 2 aromatic rings. The first-order valence-electron chi connectivity index (χ1n) is 8.61. The minimum atomic E-state index is 0.199. The molecule has 0 amide bonds. The molecule has 3 heterocycles. The predicted molar refractivity (Wildman–Crippen MR) is 94.0 cm³/mol. The zero-order valence-electron chi connectivity index (χ0n) is 14.2. The van der Waals surface area contributed by atoms with Crippen LogP contribution in [0.4, 0.5) is 5.82 Å². The van der Waals surface area contributed by atoms with Crippen LogP contribution in [0.2, 0.25) is 0 Å². The van der Waals surface area contributed by atoms with Gasteiger partial charge in [0.25, 0.3) is 0 Å². The monoisotopic (exact) mass is 327 g/mol. The second kappa shape index (κ2) is 8.70. The third-order valence-corrected chi connectivity index (χ3v) is 4.32. The van der Waals surface area contributed by atoms with Crippen molar-refractivity contribution in [3.63, 3.8) is 0 Å². The van der Waals surface area contributed by atoms with E-state index >= 15 is 0 Å². The number of likely N-dealkylation sites (N-methyl/N-ethyl adjacent to an activating group) is 1. The van der Waals surface area contributed by atoms with Crippen molar-refractivity contribution in [1.29, 1.82) is 0 Å². The minimum Gasteiger partial charge on any atom is -0.374 e. The standard InChI is InChI=1S/C18H25N5O/c1-2-23(18-7-5-10-20-21-18)15-17-14-22(12-13-24-17)11-8-16-6-3-4-9-19-16/h3-7,9-10,17H,2,8,11-15H2,1H3/t17-/m1/s1. The summed E-state index contributed by atoms with van der Waals surface area (Å²) in [5, 5.41) is 8.18. The van der Waals surface area contributed by atoms with Crippen LogP contribution in [0.15, 0.2) is 42.7 Å². The topological polar surface area (TPSA) is 54.4 Å². The summed E-state index contributed by atoms with van der Waals surface area (Å²) in [4.78, 5) is 9.09. The molecule has 1 aliphatic rings. The largest absolute Gasteiger partial charge is 0.374 e. The first-order valence-corrected chi connectivity index (χ1v) is 8.61. The molecule has 0 bridgehead atoms. The van der Waals surface area contributed by atoms with Gasteiger partial charge in [-0.05, 0) is 31.2 Å². The van der Waals surface area contributed by atoms with E-state index in [0.29, 0.717) is 0 Å². The molecule has 1 atom stereocenters. The normalized spacial score (nSPS) is 18.5. The molecule has 0 radical (unpaired) electrons. The Morgan fingerprint density at radius 1 is 1.25 bits per heavy atom. The molecular formula is C18H25N5O. The number of nitrogens with zero attached hydrogens (tertiary/aromatic N) is 5. The summed E-state index contributed by atoms with van der Waals surface area (Å²) >= 11 is 0. The van der Waals surface area contributed by atoms with Gasteiger partial charge in [0.05, 0.1) is 12.7 Å². The number of hydrogen-bond donors (Lipinski definition) is 0. The van der Waals surface area contributed by atoms with Gasteiger partial charge in [-0.15, -0.1) is 5.10 Å². The van der Waals surface area contributed by atoms with Crippen molar-refractivity contribution in [3.05, 3.63) is 48.4 Å². The van der Waals surface area contributed by atoms with E-state index in [1.54, 1.807) is 6.20 Å². The summed E-state index contributed by atoms with van der Waals surface area (Å²) in [6.45, 7) is 7.61. The molecule has 128 valence electrons. The Morgan fingerprint density at radius 3 is 2.96 bits per heavy atom. The van der Waals surface area contributed by atoms with Crippen molar-refractivity contribution in [2.75, 3.05) is 44.2 Å². The smallest absolute Gasteiger partial charge is 0.151 e. The number of pyridine rings is 1. The first kappa shape index (κ1) is 16.8. The molecule has 0 saturated carbocycles. The highest BCUT2D eigenvalue weighted by Gasteiger charge is 2.22. The van der Waals surface area contributed by atoms with E-state index in [9.17, 15) is 0 Å². The van der Waals surface area contributed by atoms with Crippen molar-refractivity contribution in [1.82, 2.24) is 20.1 Å². The molecule has 24 heavy (non-hydrogen) atoms. The Morgan fingerprint density at radius 2 is 2.21 bits per heavy atom. The van der Waals surface area contributed by atoms with E-state index in [4.69, 9.17) is 4.74 Å². The summed E-state index contributed by atoms with van der Waals surface area (Å²) in [5.74, 6) is 0.911. The number of ether oxygens (including phenoxy) is 1. The second-order valence-corrected chi connectivity index (χ2v) is 5.98. The molecule has 0 aromatic carbocycles. The SMILES string of the molecule is CCN(C[C@H]1CN(CCc2ccccn2)CCO1)c1cccnn1. The van der Waals surface area contributed by atoms with Crippen molar-refractivity contribution in [3.8, 4) is 0 Å². The van der Waals surface area contributed by atoms with Gasteiger partial charge in [0.1, 0.15) is 0 Å². The number of rotatable bonds is 7. The van der Waals surface area contributed by atoms with Crippen LogP contribution in [0.5, 0.6) is 0 Å². The third kappa shape index (κ3) is 4.72. The molecule has 6 nitrogen and oxygen atoms in total. The van der Waals surface area contributed by atoms with Crippen LogP contribution in [0.25, 0.3) is 0 Å². The van der Waals surface area contributed by atoms with Crippen LogP contribution >= 0.6 is 0 Å². The highest BCUT2D eigenvalue weighted by Crippen LogP contribution is 2.13. The maximum absolute atomic E-state index is 5.97. The van der Waals surface area contributed by atoms with E-state index in [2.05, 4.69) is 38.0 Å². The van der Waals surface area contributed by atoms with Gasteiger partial charge >= 0.3 is 0 Å². The lowest BCUT2D eigenvalue weighted by Gasteiger charge is -2.35. The van der Waals surface area contributed by atoms with Gasteiger partial charge < -0.3 is 9.64 Å². The molecule has 0 N–H and O–H groups in total. The van der Waals surface area contributed by atoms with Gasteiger partial charge in [-0.25, -0.2) is 0 Å². The number of hydrogen-bond acceptors (Lipinski definition) is 6. The average molecular weight is 327 g/mol. The lowest BCUT2D eigenvalue weighted by Crippen LogP contribution is -2.48. The van der Waals surface area contributed by atoms with Gasteiger partial charge in [-0.3, -0.25) is 9.88 Å². The molecule has 1 aliphatic heterocycles. The van der Waals surface area contributed by atoms with E-state index in [1.807, 2.05) is 30.5 Å². The summed E-state index contributed by atoms with van der Waals surface area (Å²) in [5.41, 5.74) is 1.15. The highest BCUT2D eigenvalue weighted by atomic mass is 16.5. The lowest BCUT2D eigenvalue weighted by atomic mass is 10.2. The van der Waals surface area contributed by atoms with Gasteiger partial charge in [0.2, 0.25) is 0 Å². The van der Waals surface area contributed by atoms with Crippen LogP contribution < -0.4 is 4.90 Å². The lowest BCUT2D eigenvalue weighted by molar-refractivity contribution is -0.0235. The first-order chi connectivity index (χ1) is 11.8. The van der Waals surface area contributed by atoms with Crippen molar-refractivity contribution in [2.24, 2.45) is 0 Å². The molecule has 3 rings (SSSR count). The average Bonchev–Trinajstić information content (AvgIpc) is 2.66. The fourth-order valence-electron chi connectivity index (χ4n) is 3.01. The van der Waals surface area contributed by atoms with Crippen LogP contribution in [-0.4, -0.2) is 65.5 Å². The molecule has 2 aromatic heterocycles. The van der Waals surface area contributed by atoms with Gasteiger partial charge in [0.15, 0.2) is 5.82 Å². The number of morpholine rings is 1. The summed E-state index contributed by atoms with van der Waals surface area (Å²) in [7, 11) is 0. The van der Waals surface area contributed by atoms with Crippen molar-refractivity contribution >= 4 is 5.82 Å². The zero-order valence-corrected chi connectivity index (χ0v) is 14.2. The molecule has 0 unspecified atom stereocenters. The van der Waals surface area contributed by atoms with Gasteiger partial charge in [-0.2, -0.15) is 5.10 Å². The Labute approximate surface area is 143 Å². The predicted octanol–water partition coefficient (Wildman–Crippen LogP) is 1.64. The fourth-order valence-corrected chi connectivity index (χ4v) is 3.01. The van der Waals surface area contributed by atoms with Gasteiger partial charge in [-0.1, -0.05) is 6.07 Å². The molecule has 1 saturated heterocycles. The van der Waals surface area contributed by atoms with Crippen molar-refractivity contribution in [2.45, 2.75) is 19.4 Å². The molecular weight excluding hydrogens is 302 g/mol. The van der Waals surface area contributed by atoms with E-state index in [-0.39, 0.29) is 6.10 Å². The quantitative estimate of drug-likeness (QED) is 0.771. The molecule has 6 heteroatoms. The Hall–Kier alpha value is -2.05. The van der Waals surface area contributed by atoms with Crippen molar-refractivity contribution < 1.29 is 4.74 Å². The van der Waals surface area contributed by atoms with E-state index in [0.717, 1.165) is 57.3 Å². The van der Waals surface area contributed by atoms with Crippen LogP contribution in [0, 0.1) is 0 Å². The maximum atomic E-state index is 5.97. The summed E-state index contributed by atoms with van der Waals surface area (Å²) < 4.78 is 5.97. The fraction of sp³-hybridized carbons (Fsp3) is 0.500. The van der Waals surface area contributed by atoms with Crippen LogP contribution in [-0.2, 0) is 11.2 Å². The third-order valence-electron chi connectivity index (χ3n) is 4.32. The Balaban J connectivity index is 1.51.